The number of carbonyl (C=O) groups is 3. The summed E-state index contributed by atoms with van der Waals surface area (Å²) >= 11 is 0. The van der Waals surface area contributed by atoms with E-state index in [4.69, 9.17) is 18.9 Å². The zero-order chi connectivity index (χ0) is 28.1. The molecule has 0 saturated heterocycles. The highest BCUT2D eigenvalue weighted by molar-refractivity contribution is 5.98. The van der Waals surface area contributed by atoms with E-state index in [1.165, 1.54) is 7.11 Å². The summed E-state index contributed by atoms with van der Waals surface area (Å²) in [5.74, 6) is -0.753. The van der Waals surface area contributed by atoms with E-state index in [9.17, 15) is 19.5 Å². The van der Waals surface area contributed by atoms with Crippen molar-refractivity contribution in [3.8, 4) is 23.0 Å². The average Bonchev–Trinajstić information content (AvgIpc) is 2.87. The molecule has 8 nitrogen and oxygen atoms in total. The smallest absolute Gasteiger partial charge is 0.342 e. The summed E-state index contributed by atoms with van der Waals surface area (Å²) in [5, 5.41) is 11.7. The molecule has 0 radical (unpaired) electrons. The number of methoxy groups -OCH3 is 1. The van der Waals surface area contributed by atoms with Gasteiger partial charge in [0.05, 0.1) is 25.7 Å². The standard InChI is InChI=1S/C31H36O8/c1-18(2)37-30-22(14-9-15-24(30)36-4)23-17-26(33)39-25-16-20-11-6-5-7-12-21(32)13-8-10-19(3)38-31(35)27(20)29(34)28(23)25/h6,9,11,14-16,18-19,23,34H,5,7-8,10,12-13,17H2,1-4H3. The first kappa shape index (κ1) is 28.2. The lowest BCUT2D eigenvalue weighted by Gasteiger charge is -2.29. The number of hydrogen-bond donors (Lipinski definition) is 1. The highest BCUT2D eigenvalue weighted by Gasteiger charge is 2.37. The quantitative estimate of drug-likeness (QED) is 0.368. The second-order valence-corrected chi connectivity index (χ2v) is 10.3. The maximum atomic E-state index is 13.4. The van der Waals surface area contributed by atoms with Crippen LogP contribution in [0.4, 0.5) is 0 Å². The molecule has 2 atom stereocenters. The van der Waals surface area contributed by atoms with E-state index < -0.39 is 24.0 Å². The Labute approximate surface area is 228 Å². The van der Waals surface area contributed by atoms with Gasteiger partial charge in [-0.3, -0.25) is 9.59 Å². The van der Waals surface area contributed by atoms with Crippen LogP contribution in [0.2, 0.25) is 0 Å². The molecular weight excluding hydrogens is 500 g/mol. The summed E-state index contributed by atoms with van der Waals surface area (Å²) in [6.07, 6.45) is 6.28. The number of ketones is 1. The number of allylic oxidation sites excluding steroid dienone is 1. The second-order valence-electron chi connectivity index (χ2n) is 10.3. The predicted molar refractivity (Wildman–Crippen MR) is 146 cm³/mol. The average molecular weight is 537 g/mol. The van der Waals surface area contributed by atoms with Crippen molar-refractivity contribution in [2.45, 2.75) is 83.8 Å². The normalized spacial score (nSPS) is 20.4. The lowest BCUT2D eigenvalue weighted by atomic mass is 9.83. The monoisotopic (exact) mass is 536 g/mol. The lowest BCUT2D eigenvalue weighted by molar-refractivity contribution is -0.135. The third kappa shape index (κ3) is 6.44. The topological polar surface area (TPSA) is 108 Å². The zero-order valence-electron chi connectivity index (χ0n) is 23.0. The summed E-state index contributed by atoms with van der Waals surface area (Å²) in [5.41, 5.74) is 1.35. The van der Waals surface area contributed by atoms with E-state index in [0.717, 1.165) is 0 Å². The van der Waals surface area contributed by atoms with Crippen molar-refractivity contribution in [3.63, 3.8) is 0 Å². The summed E-state index contributed by atoms with van der Waals surface area (Å²) in [4.78, 5) is 38.3. The SMILES string of the molecule is COc1cccc(C2CC(=O)Oc3cc4c(c(O)c32)C(=O)OC(C)CCCC(=O)CCCC=C4)c1OC(C)C. The van der Waals surface area contributed by atoms with Gasteiger partial charge in [0.2, 0.25) is 0 Å². The molecule has 2 heterocycles. The van der Waals surface area contributed by atoms with Crippen molar-refractivity contribution < 1.29 is 38.4 Å². The van der Waals surface area contributed by atoms with Crippen molar-refractivity contribution in [2.24, 2.45) is 0 Å². The van der Waals surface area contributed by atoms with Crippen LogP contribution in [0, 0.1) is 0 Å². The molecule has 0 aromatic heterocycles. The van der Waals surface area contributed by atoms with Gasteiger partial charge in [0.25, 0.3) is 0 Å². The van der Waals surface area contributed by atoms with Gasteiger partial charge in [-0.1, -0.05) is 24.3 Å². The van der Waals surface area contributed by atoms with E-state index in [1.807, 2.05) is 26.0 Å². The largest absolute Gasteiger partial charge is 0.507 e. The number of phenols is 1. The highest BCUT2D eigenvalue weighted by Crippen LogP contribution is 2.50. The maximum Gasteiger partial charge on any atom is 0.342 e. The first-order valence-corrected chi connectivity index (χ1v) is 13.5. The Morgan fingerprint density at radius 1 is 1.10 bits per heavy atom. The highest BCUT2D eigenvalue weighted by atomic mass is 16.5. The van der Waals surface area contributed by atoms with Crippen molar-refractivity contribution in [1.29, 1.82) is 0 Å². The number of para-hydroxylation sites is 1. The molecule has 4 rings (SSSR count). The molecule has 0 spiro atoms. The molecule has 2 unspecified atom stereocenters. The molecule has 0 fully saturated rings. The zero-order valence-corrected chi connectivity index (χ0v) is 23.0. The third-order valence-corrected chi connectivity index (χ3v) is 6.94. The van der Waals surface area contributed by atoms with Crippen LogP contribution in [-0.2, 0) is 14.3 Å². The van der Waals surface area contributed by atoms with Gasteiger partial charge in [0.15, 0.2) is 11.5 Å². The number of benzene rings is 2. The minimum atomic E-state index is -0.675. The van der Waals surface area contributed by atoms with Crippen LogP contribution in [0.25, 0.3) is 6.08 Å². The van der Waals surface area contributed by atoms with Crippen LogP contribution >= 0.6 is 0 Å². The van der Waals surface area contributed by atoms with Crippen LogP contribution in [0.1, 0.15) is 98.7 Å². The second kappa shape index (κ2) is 12.4. The summed E-state index contributed by atoms with van der Waals surface area (Å²) in [6.45, 7) is 5.55. The molecule has 39 heavy (non-hydrogen) atoms. The van der Waals surface area contributed by atoms with Crippen LogP contribution < -0.4 is 14.2 Å². The first-order valence-electron chi connectivity index (χ1n) is 13.5. The van der Waals surface area contributed by atoms with Gasteiger partial charge in [0.1, 0.15) is 22.8 Å². The van der Waals surface area contributed by atoms with Gasteiger partial charge in [0, 0.05) is 29.9 Å². The fraction of sp³-hybridized carbons (Fsp3) is 0.452. The number of aromatic hydroxyl groups is 1. The number of rotatable bonds is 4. The number of hydrogen-bond acceptors (Lipinski definition) is 8. The minimum Gasteiger partial charge on any atom is -0.507 e. The number of cyclic esters (lactones) is 1. The number of carbonyl (C=O) groups excluding carboxylic acids is 3. The Hall–Kier alpha value is -3.81. The molecule has 0 saturated carbocycles. The van der Waals surface area contributed by atoms with Crippen LogP contribution in [0.3, 0.4) is 0 Å². The van der Waals surface area contributed by atoms with E-state index in [2.05, 4.69) is 0 Å². The molecule has 8 heteroatoms. The van der Waals surface area contributed by atoms with E-state index in [0.29, 0.717) is 66.7 Å². The lowest BCUT2D eigenvalue weighted by Crippen LogP contribution is -2.24. The van der Waals surface area contributed by atoms with Gasteiger partial charge < -0.3 is 24.1 Å². The van der Waals surface area contributed by atoms with Crippen LogP contribution in [-0.4, -0.2) is 42.1 Å². The van der Waals surface area contributed by atoms with Crippen molar-refractivity contribution in [2.75, 3.05) is 7.11 Å². The molecule has 208 valence electrons. The molecule has 2 aliphatic rings. The number of phenolic OH excluding ortho intramolecular Hbond substituents is 1. The Kier molecular flexibility index (Phi) is 8.94. The van der Waals surface area contributed by atoms with Gasteiger partial charge >= 0.3 is 11.9 Å². The predicted octanol–water partition coefficient (Wildman–Crippen LogP) is 6.11. The minimum absolute atomic E-state index is 0.0159. The molecule has 2 aromatic carbocycles. The Morgan fingerprint density at radius 3 is 2.62 bits per heavy atom. The molecule has 1 N–H and O–H groups in total. The van der Waals surface area contributed by atoms with Crippen molar-refractivity contribution in [3.05, 3.63) is 52.6 Å². The van der Waals surface area contributed by atoms with E-state index >= 15 is 0 Å². The molecule has 0 amide bonds. The fourth-order valence-electron chi connectivity index (χ4n) is 5.11. The van der Waals surface area contributed by atoms with Crippen LogP contribution in [0.15, 0.2) is 30.3 Å². The third-order valence-electron chi connectivity index (χ3n) is 6.94. The molecule has 2 aliphatic heterocycles. The van der Waals surface area contributed by atoms with Gasteiger partial charge in [-0.05, 0) is 64.2 Å². The molecule has 0 aliphatic carbocycles. The summed E-state index contributed by atoms with van der Waals surface area (Å²) < 4.78 is 22.9. The van der Waals surface area contributed by atoms with Crippen molar-refractivity contribution >= 4 is 23.8 Å². The number of ether oxygens (including phenoxy) is 4. The van der Waals surface area contributed by atoms with Gasteiger partial charge in [-0.15, -0.1) is 0 Å². The van der Waals surface area contributed by atoms with Crippen molar-refractivity contribution in [1.82, 2.24) is 0 Å². The number of esters is 2. The maximum absolute atomic E-state index is 13.4. The summed E-state index contributed by atoms with van der Waals surface area (Å²) in [6, 6.07) is 6.97. The van der Waals surface area contributed by atoms with Gasteiger partial charge in [-0.25, -0.2) is 4.79 Å². The first-order chi connectivity index (χ1) is 18.7. The summed E-state index contributed by atoms with van der Waals surface area (Å²) in [7, 11) is 1.54. The Balaban J connectivity index is 1.87. The van der Waals surface area contributed by atoms with E-state index in [-0.39, 0.29) is 35.4 Å². The van der Waals surface area contributed by atoms with E-state index in [1.54, 1.807) is 31.2 Å². The van der Waals surface area contributed by atoms with Gasteiger partial charge in [-0.2, -0.15) is 0 Å². The molecule has 0 bridgehead atoms. The molecule has 2 aromatic rings. The Bertz CT molecular complexity index is 1280. The fourth-order valence-corrected chi connectivity index (χ4v) is 5.11. The molecular formula is C31H36O8. The Morgan fingerprint density at radius 2 is 1.87 bits per heavy atom. The number of Topliss-reactive ketones (excluding diaryl/α,β-unsaturated/α-hetero) is 1. The van der Waals surface area contributed by atoms with Crippen LogP contribution in [0.5, 0.6) is 23.0 Å². The number of fused-ring (bicyclic) bond motifs is 2.